The van der Waals surface area contributed by atoms with Crippen molar-refractivity contribution in [2.75, 3.05) is 11.9 Å². The molecular formula is C21H17F3N2O4. The Morgan fingerprint density at radius 2 is 1.27 bits per heavy atom. The first-order chi connectivity index (χ1) is 14.0. The zero-order valence-electron chi connectivity index (χ0n) is 16.0. The number of aryl methyl sites for hydroxylation is 1. The molecule has 6 rings (SSSR count). The number of hydrogen-bond acceptors (Lipinski definition) is 4. The van der Waals surface area contributed by atoms with Crippen LogP contribution in [0.1, 0.15) is 11.1 Å². The molecule has 30 heavy (non-hydrogen) atoms. The van der Waals surface area contributed by atoms with E-state index in [0.717, 1.165) is 15.9 Å². The maximum atomic E-state index is 13.3. The van der Waals surface area contributed by atoms with Crippen LogP contribution in [-0.2, 0) is 25.4 Å². The van der Waals surface area contributed by atoms with Crippen molar-refractivity contribution >= 4 is 29.3 Å². The van der Waals surface area contributed by atoms with Crippen molar-refractivity contribution in [1.29, 1.82) is 0 Å². The van der Waals surface area contributed by atoms with Crippen LogP contribution in [0.2, 0.25) is 0 Å². The molecule has 0 radical (unpaired) electrons. The Bertz CT molecular complexity index is 1010. The number of nitrogens with zero attached hydrogens (tertiary/aromatic N) is 2. The van der Waals surface area contributed by atoms with Gasteiger partial charge in [0, 0.05) is 18.9 Å². The van der Waals surface area contributed by atoms with Crippen molar-refractivity contribution in [3.63, 3.8) is 0 Å². The average Bonchev–Trinajstić information content (AvgIpc) is 3.10. The first kappa shape index (κ1) is 19.0. The van der Waals surface area contributed by atoms with Gasteiger partial charge < -0.3 is 0 Å². The Balaban J connectivity index is 1.58. The number of rotatable bonds is 1. The number of alkyl halides is 3. The van der Waals surface area contributed by atoms with E-state index in [1.807, 2.05) is 0 Å². The molecule has 6 nitrogen and oxygen atoms in total. The van der Waals surface area contributed by atoms with Gasteiger partial charge in [0.2, 0.25) is 23.6 Å². The van der Waals surface area contributed by atoms with Crippen LogP contribution < -0.4 is 4.90 Å². The summed E-state index contributed by atoms with van der Waals surface area (Å²) in [5, 5.41) is 0. The topological polar surface area (TPSA) is 74.8 Å². The number of imide groups is 2. The van der Waals surface area contributed by atoms with Gasteiger partial charge in [0.15, 0.2) is 0 Å². The molecule has 0 aromatic heterocycles. The van der Waals surface area contributed by atoms with E-state index in [2.05, 4.69) is 0 Å². The van der Waals surface area contributed by atoms with Crippen molar-refractivity contribution in [2.24, 2.45) is 35.5 Å². The van der Waals surface area contributed by atoms with Gasteiger partial charge in [-0.05, 0) is 24.6 Å². The highest BCUT2D eigenvalue weighted by Gasteiger charge is 2.68. The van der Waals surface area contributed by atoms with Gasteiger partial charge >= 0.3 is 6.18 Å². The van der Waals surface area contributed by atoms with E-state index >= 15 is 0 Å². The molecular weight excluding hydrogens is 401 g/mol. The van der Waals surface area contributed by atoms with E-state index in [-0.39, 0.29) is 23.1 Å². The molecule has 5 aliphatic rings. The van der Waals surface area contributed by atoms with Gasteiger partial charge in [0.25, 0.3) is 0 Å². The molecule has 1 saturated carbocycles. The summed E-state index contributed by atoms with van der Waals surface area (Å²) in [7, 11) is 1.39. The van der Waals surface area contributed by atoms with Crippen LogP contribution in [-0.4, -0.2) is 35.6 Å². The number of halogens is 3. The molecule has 4 amide bonds. The molecule has 3 fully saturated rings. The van der Waals surface area contributed by atoms with Gasteiger partial charge in [0.1, 0.15) is 0 Å². The first-order valence-electron chi connectivity index (χ1n) is 9.59. The summed E-state index contributed by atoms with van der Waals surface area (Å²) in [6.45, 7) is 1.30. The second-order valence-electron chi connectivity index (χ2n) is 8.39. The highest BCUT2D eigenvalue weighted by atomic mass is 19.4. The van der Waals surface area contributed by atoms with Crippen LogP contribution >= 0.6 is 0 Å². The van der Waals surface area contributed by atoms with Crippen LogP contribution in [0.15, 0.2) is 30.4 Å². The summed E-state index contributed by atoms with van der Waals surface area (Å²) in [4.78, 5) is 53.5. The summed E-state index contributed by atoms with van der Waals surface area (Å²) in [5.41, 5.74) is -1.07. The third kappa shape index (κ3) is 2.20. The van der Waals surface area contributed by atoms with Gasteiger partial charge in [-0.25, -0.2) is 0 Å². The molecule has 156 valence electrons. The predicted molar refractivity (Wildman–Crippen MR) is 96.5 cm³/mol. The molecule has 2 bridgehead atoms. The minimum absolute atomic E-state index is 0.0155. The zero-order chi connectivity index (χ0) is 21.7. The maximum Gasteiger partial charge on any atom is 0.416 e. The SMILES string of the molecule is Cc1ccc(N2C(=O)C3C4C=CC(C5C(=O)N(C)C(=O)C45)C3C2=O)cc1C(F)(F)F. The van der Waals surface area contributed by atoms with Crippen LogP contribution in [0.3, 0.4) is 0 Å². The van der Waals surface area contributed by atoms with Crippen LogP contribution in [0.5, 0.6) is 0 Å². The summed E-state index contributed by atoms with van der Waals surface area (Å²) in [5.74, 6) is -6.36. The second kappa shape index (κ2) is 5.80. The number of amides is 4. The van der Waals surface area contributed by atoms with E-state index in [0.29, 0.717) is 0 Å². The van der Waals surface area contributed by atoms with Crippen molar-refractivity contribution in [2.45, 2.75) is 13.1 Å². The smallest absolute Gasteiger partial charge is 0.285 e. The standard InChI is InChI=1S/C21H17F3N2O4/c1-8-3-4-9(7-12(8)21(22,23)24)26-19(29)15-10-5-6-11(16(15)20(26)30)14-13(10)17(27)25(2)18(14)28/h3-7,10-11,13-16H,1-2H3. The molecule has 6 unspecified atom stereocenters. The highest BCUT2D eigenvalue weighted by Crippen LogP contribution is 2.58. The number of hydrogen-bond donors (Lipinski definition) is 0. The van der Waals surface area contributed by atoms with Gasteiger partial charge in [-0.15, -0.1) is 0 Å². The summed E-state index contributed by atoms with van der Waals surface area (Å²) in [6, 6.07) is 3.35. The van der Waals surface area contributed by atoms with Gasteiger partial charge in [-0.2, -0.15) is 13.2 Å². The lowest BCUT2D eigenvalue weighted by atomic mass is 9.54. The van der Waals surface area contributed by atoms with Crippen molar-refractivity contribution < 1.29 is 32.3 Å². The van der Waals surface area contributed by atoms with E-state index in [9.17, 15) is 32.3 Å². The normalized spacial score (nSPS) is 34.8. The quantitative estimate of drug-likeness (QED) is 0.518. The third-order valence-corrected chi connectivity index (χ3v) is 7.02. The van der Waals surface area contributed by atoms with E-state index in [4.69, 9.17) is 0 Å². The number of likely N-dealkylation sites (tertiary alicyclic amines) is 1. The number of allylic oxidation sites excluding steroid dienone is 2. The lowest BCUT2D eigenvalue weighted by Crippen LogP contribution is -2.50. The first-order valence-corrected chi connectivity index (χ1v) is 9.59. The maximum absolute atomic E-state index is 13.3. The fourth-order valence-electron chi connectivity index (χ4n) is 5.68. The molecule has 0 N–H and O–H groups in total. The highest BCUT2D eigenvalue weighted by molar-refractivity contribution is 6.23. The zero-order valence-corrected chi connectivity index (χ0v) is 16.0. The molecule has 1 aromatic carbocycles. The molecule has 1 aromatic rings. The fraction of sp³-hybridized carbons (Fsp3) is 0.429. The Labute approximate surface area is 169 Å². The minimum atomic E-state index is -4.63. The molecule has 2 saturated heterocycles. The average molecular weight is 418 g/mol. The summed E-state index contributed by atoms with van der Waals surface area (Å²) >= 11 is 0. The molecule has 3 aliphatic carbocycles. The predicted octanol–water partition coefficient (Wildman–Crippen LogP) is 2.17. The van der Waals surface area contributed by atoms with Crippen molar-refractivity contribution in [3.05, 3.63) is 41.5 Å². The lowest BCUT2D eigenvalue weighted by molar-refractivity contribution is -0.139. The molecule has 9 heteroatoms. The van der Waals surface area contributed by atoms with Crippen LogP contribution in [0, 0.1) is 42.4 Å². The fourth-order valence-corrected chi connectivity index (χ4v) is 5.68. The van der Waals surface area contributed by atoms with E-state index in [1.54, 1.807) is 12.2 Å². The molecule has 2 aliphatic heterocycles. The summed E-state index contributed by atoms with van der Waals surface area (Å²) in [6.07, 6.45) is -1.20. The second-order valence-corrected chi connectivity index (χ2v) is 8.39. The monoisotopic (exact) mass is 418 g/mol. The van der Waals surface area contributed by atoms with Crippen LogP contribution in [0.4, 0.5) is 18.9 Å². The molecule has 6 atom stereocenters. The van der Waals surface area contributed by atoms with Gasteiger partial charge in [-0.3, -0.25) is 29.0 Å². The van der Waals surface area contributed by atoms with Crippen LogP contribution in [0.25, 0.3) is 0 Å². The molecule has 0 spiro atoms. The molecule has 2 heterocycles. The third-order valence-electron chi connectivity index (χ3n) is 7.02. The number of benzene rings is 1. The number of carbonyl (C=O) groups is 4. The Morgan fingerprint density at radius 1 is 0.800 bits per heavy atom. The largest absolute Gasteiger partial charge is 0.416 e. The summed E-state index contributed by atoms with van der Waals surface area (Å²) < 4.78 is 40.0. The van der Waals surface area contributed by atoms with Gasteiger partial charge in [0.05, 0.1) is 34.9 Å². The van der Waals surface area contributed by atoms with E-state index < -0.39 is 59.1 Å². The Morgan fingerprint density at radius 3 is 1.73 bits per heavy atom. The number of anilines is 1. The van der Waals surface area contributed by atoms with Gasteiger partial charge in [-0.1, -0.05) is 18.2 Å². The van der Waals surface area contributed by atoms with Crippen molar-refractivity contribution in [3.8, 4) is 0 Å². The lowest BCUT2D eigenvalue weighted by Gasteiger charge is -2.44. The minimum Gasteiger partial charge on any atom is -0.285 e. The van der Waals surface area contributed by atoms with E-state index in [1.165, 1.54) is 26.1 Å². The van der Waals surface area contributed by atoms with Crippen molar-refractivity contribution in [1.82, 2.24) is 4.90 Å². The Hall–Kier alpha value is -2.97. The number of carbonyl (C=O) groups excluding carboxylic acids is 4. The Kier molecular flexibility index (Phi) is 3.68.